The molecule has 0 atom stereocenters. The first kappa shape index (κ1) is 20.3. The van der Waals surface area contributed by atoms with E-state index < -0.39 is 9.84 Å². The van der Waals surface area contributed by atoms with Gasteiger partial charge >= 0.3 is 0 Å². The Labute approximate surface area is 188 Å². The predicted molar refractivity (Wildman–Crippen MR) is 128 cm³/mol. The lowest BCUT2D eigenvalue weighted by molar-refractivity contribution is 0.597. The molecule has 160 valence electrons. The molecule has 3 heterocycles. The van der Waals surface area contributed by atoms with E-state index in [0.717, 1.165) is 16.0 Å². The number of benzene rings is 2. The lowest BCUT2D eigenvalue weighted by atomic mass is 10.1. The van der Waals surface area contributed by atoms with Crippen LogP contribution in [-0.4, -0.2) is 29.3 Å². The maximum Gasteiger partial charge on any atom is 0.212 e. The fourth-order valence-electron chi connectivity index (χ4n) is 3.48. The van der Waals surface area contributed by atoms with E-state index in [1.165, 1.54) is 16.0 Å². The second-order valence-corrected chi connectivity index (χ2v) is 10.3. The van der Waals surface area contributed by atoms with Gasteiger partial charge in [-0.15, -0.1) is 11.3 Å². The standard InChI is InChI=1S/C23H19N5O2S2/c1-14-9-10-17(12-15(14)2)32(29,30)21-20-23(27-19-8-4-3-7-18(19)26-20)28(22(21)24)25-13-16-6-5-11-31-16/h3-13H,24H2,1-2H3/b25-13+. The van der Waals surface area contributed by atoms with Crippen molar-refractivity contribution in [1.82, 2.24) is 14.6 Å². The fourth-order valence-corrected chi connectivity index (χ4v) is 5.63. The van der Waals surface area contributed by atoms with Crippen LogP contribution in [0.2, 0.25) is 0 Å². The van der Waals surface area contributed by atoms with Crippen LogP contribution >= 0.6 is 11.3 Å². The Morgan fingerprint density at radius 1 is 1.00 bits per heavy atom. The molecule has 9 heteroatoms. The highest BCUT2D eigenvalue weighted by Gasteiger charge is 2.30. The van der Waals surface area contributed by atoms with Crippen LogP contribution in [0.1, 0.15) is 16.0 Å². The van der Waals surface area contributed by atoms with Gasteiger partial charge in [0.25, 0.3) is 0 Å². The molecule has 0 spiro atoms. The van der Waals surface area contributed by atoms with Crippen molar-refractivity contribution >= 4 is 55.4 Å². The van der Waals surface area contributed by atoms with Crippen molar-refractivity contribution in [3.05, 3.63) is 76.0 Å². The normalized spacial score (nSPS) is 12.3. The SMILES string of the molecule is Cc1ccc(S(=O)(=O)c2c(N)n(/N=C/c3cccs3)c3nc4ccccc4nc23)cc1C. The lowest BCUT2D eigenvalue weighted by Crippen LogP contribution is -2.07. The highest BCUT2D eigenvalue weighted by molar-refractivity contribution is 7.92. The van der Waals surface area contributed by atoms with Crippen molar-refractivity contribution in [2.75, 3.05) is 5.73 Å². The molecule has 0 amide bonds. The van der Waals surface area contributed by atoms with Crippen LogP contribution in [-0.2, 0) is 9.84 Å². The van der Waals surface area contributed by atoms with Gasteiger partial charge in [-0.1, -0.05) is 24.3 Å². The topological polar surface area (TPSA) is 103 Å². The van der Waals surface area contributed by atoms with E-state index >= 15 is 0 Å². The van der Waals surface area contributed by atoms with Gasteiger partial charge in [-0.2, -0.15) is 9.78 Å². The second-order valence-electron chi connectivity index (χ2n) is 7.42. The summed E-state index contributed by atoms with van der Waals surface area (Å²) in [5.74, 6) is -0.0265. The molecule has 7 nitrogen and oxygen atoms in total. The first-order chi connectivity index (χ1) is 15.4. The van der Waals surface area contributed by atoms with E-state index in [9.17, 15) is 8.42 Å². The molecule has 0 radical (unpaired) electrons. The zero-order valence-electron chi connectivity index (χ0n) is 17.4. The van der Waals surface area contributed by atoms with Gasteiger partial charge in [-0.05, 0) is 60.7 Å². The van der Waals surface area contributed by atoms with E-state index in [4.69, 9.17) is 5.73 Å². The van der Waals surface area contributed by atoms with Crippen LogP contribution in [0.15, 0.2) is 74.9 Å². The van der Waals surface area contributed by atoms with Crippen LogP contribution < -0.4 is 5.73 Å². The van der Waals surface area contributed by atoms with Gasteiger partial charge in [-0.3, -0.25) is 0 Å². The summed E-state index contributed by atoms with van der Waals surface area (Å²) >= 11 is 1.51. The van der Waals surface area contributed by atoms with E-state index in [1.54, 1.807) is 30.5 Å². The Kier molecular flexibility index (Phi) is 4.79. The Morgan fingerprint density at radius 2 is 1.75 bits per heavy atom. The number of hydrogen-bond acceptors (Lipinski definition) is 7. The number of sulfone groups is 1. The van der Waals surface area contributed by atoms with Crippen molar-refractivity contribution < 1.29 is 8.42 Å². The third kappa shape index (κ3) is 3.26. The minimum Gasteiger partial charge on any atom is -0.382 e. The Balaban J connectivity index is 1.82. The monoisotopic (exact) mass is 461 g/mol. The maximum absolute atomic E-state index is 13.7. The van der Waals surface area contributed by atoms with Gasteiger partial charge in [0.15, 0.2) is 5.65 Å². The molecule has 0 saturated carbocycles. The molecular formula is C23H19N5O2S2. The molecular weight excluding hydrogens is 442 g/mol. The van der Waals surface area contributed by atoms with E-state index in [0.29, 0.717) is 11.0 Å². The van der Waals surface area contributed by atoms with Gasteiger partial charge in [0, 0.05) is 4.88 Å². The summed E-state index contributed by atoms with van der Waals surface area (Å²) in [6.07, 6.45) is 1.63. The zero-order chi connectivity index (χ0) is 22.5. The second kappa shape index (κ2) is 7.54. The molecule has 2 aromatic carbocycles. The quantitative estimate of drug-likeness (QED) is 0.395. The van der Waals surface area contributed by atoms with E-state index in [2.05, 4.69) is 15.1 Å². The van der Waals surface area contributed by atoms with Crippen LogP contribution in [0.25, 0.3) is 22.2 Å². The number of anilines is 1. The molecule has 0 unspecified atom stereocenters. The molecule has 2 N–H and O–H groups in total. The Hall–Kier alpha value is -3.56. The van der Waals surface area contributed by atoms with Crippen molar-refractivity contribution in [1.29, 1.82) is 0 Å². The number of nitrogens with zero attached hydrogens (tertiary/aromatic N) is 4. The third-order valence-corrected chi connectivity index (χ3v) is 7.95. The number of thiophene rings is 1. The minimum absolute atomic E-state index is 0.0265. The molecule has 0 aliphatic rings. The molecule has 0 aliphatic heterocycles. The van der Waals surface area contributed by atoms with E-state index in [1.807, 2.05) is 49.6 Å². The number of nitrogens with two attached hydrogens (primary N) is 1. The number of para-hydroxylation sites is 2. The fraction of sp³-hybridized carbons (Fsp3) is 0.0870. The highest BCUT2D eigenvalue weighted by Crippen LogP contribution is 2.35. The molecule has 32 heavy (non-hydrogen) atoms. The smallest absolute Gasteiger partial charge is 0.212 e. The average Bonchev–Trinajstić information content (AvgIpc) is 3.38. The average molecular weight is 462 g/mol. The third-order valence-electron chi connectivity index (χ3n) is 5.33. The van der Waals surface area contributed by atoms with E-state index in [-0.39, 0.29) is 26.8 Å². The van der Waals surface area contributed by atoms with Crippen molar-refractivity contribution in [2.45, 2.75) is 23.6 Å². The molecule has 0 saturated heterocycles. The number of nitrogen functional groups attached to an aromatic ring is 1. The lowest BCUT2D eigenvalue weighted by Gasteiger charge is -2.07. The largest absolute Gasteiger partial charge is 0.382 e. The number of aromatic nitrogens is 3. The molecule has 5 aromatic rings. The molecule has 3 aromatic heterocycles. The van der Waals surface area contributed by atoms with Crippen LogP contribution in [0, 0.1) is 13.8 Å². The summed E-state index contributed by atoms with van der Waals surface area (Å²) in [6, 6.07) is 16.1. The van der Waals surface area contributed by atoms with Gasteiger partial charge in [0.2, 0.25) is 9.84 Å². The van der Waals surface area contributed by atoms with Gasteiger partial charge in [-0.25, -0.2) is 18.4 Å². The summed E-state index contributed by atoms with van der Waals surface area (Å²) in [6.45, 7) is 3.81. The number of rotatable bonds is 4. The summed E-state index contributed by atoms with van der Waals surface area (Å²) < 4.78 is 28.8. The summed E-state index contributed by atoms with van der Waals surface area (Å²) in [5, 5.41) is 6.38. The van der Waals surface area contributed by atoms with Crippen molar-refractivity contribution in [3.8, 4) is 0 Å². The van der Waals surface area contributed by atoms with Crippen molar-refractivity contribution in [2.24, 2.45) is 5.10 Å². The molecule has 0 aliphatic carbocycles. The van der Waals surface area contributed by atoms with Gasteiger partial charge in [0.1, 0.15) is 16.2 Å². The summed E-state index contributed by atoms with van der Waals surface area (Å²) in [7, 11) is -3.98. The first-order valence-electron chi connectivity index (χ1n) is 9.83. The first-order valence-corrected chi connectivity index (χ1v) is 12.2. The summed E-state index contributed by atoms with van der Waals surface area (Å²) in [4.78, 5) is 10.2. The molecule has 5 rings (SSSR count). The highest BCUT2D eigenvalue weighted by atomic mass is 32.2. The Morgan fingerprint density at radius 3 is 2.44 bits per heavy atom. The van der Waals surface area contributed by atoms with Crippen LogP contribution in [0.5, 0.6) is 0 Å². The Bertz CT molecular complexity index is 1620. The zero-order valence-corrected chi connectivity index (χ0v) is 19.0. The van der Waals surface area contributed by atoms with Gasteiger partial charge < -0.3 is 5.73 Å². The number of fused-ring (bicyclic) bond motifs is 2. The number of hydrogen-bond donors (Lipinski definition) is 1. The van der Waals surface area contributed by atoms with Crippen LogP contribution in [0.3, 0.4) is 0 Å². The van der Waals surface area contributed by atoms with Crippen LogP contribution in [0.4, 0.5) is 5.82 Å². The van der Waals surface area contributed by atoms with Gasteiger partial charge in [0.05, 0.1) is 22.1 Å². The summed E-state index contributed by atoms with van der Waals surface area (Å²) in [5.41, 5.74) is 9.97. The molecule has 0 bridgehead atoms. The minimum atomic E-state index is -3.98. The molecule has 0 fully saturated rings. The predicted octanol–water partition coefficient (Wildman–Crippen LogP) is 4.56. The van der Waals surface area contributed by atoms with Crippen molar-refractivity contribution in [3.63, 3.8) is 0 Å². The number of aryl methyl sites for hydroxylation is 2. The maximum atomic E-state index is 13.7.